The maximum atomic E-state index is 13.5. The third kappa shape index (κ3) is 5.26. The molecule has 0 aliphatic carbocycles. The number of benzene rings is 1. The number of nitrogens with one attached hydrogen (secondary N) is 1. The van der Waals surface area contributed by atoms with Gasteiger partial charge in [-0.15, -0.1) is 0 Å². The Bertz CT molecular complexity index is 1430. The van der Waals surface area contributed by atoms with Crippen LogP contribution in [0.5, 0.6) is 17.4 Å². The minimum Gasteiger partial charge on any atom is -0.494 e. The van der Waals surface area contributed by atoms with Crippen molar-refractivity contribution >= 4 is 21.5 Å². The topological polar surface area (TPSA) is 153 Å². The van der Waals surface area contributed by atoms with Gasteiger partial charge in [0.1, 0.15) is 40.1 Å². The van der Waals surface area contributed by atoms with E-state index >= 15 is 0 Å². The van der Waals surface area contributed by atoms with E-state index in [1.807, 2.05) is 0 Å². The molecular weight excluding hydrogens is 514 g/mol. The molecule has 1 aliphatic rings. The predicted molar refractivity (Wildman–Crippen MR) is 140 cm³/mol. The lowest BCUT2D eigenvalue weighted by Gasteiger charge is -2.33. The van der Waals surface area contributed by atoms with Crippen molar-refractivity contribution in [1.29, 1.82) is 0 Å². The molecule has 0 fully saturated rings. The summed E-state index contributed by atoms with van der Waals surface area (Å²) in [7, 11) is 2.03. The van der Waals surface area contributed by atoms with Gasteiger partial charge >= 0.3 is 0 Å². The zero-order valence-corrected chi connectivity index (χ0v) is 22.4. The number of aliphatic hydroxyl groups is 1. The van der Waals surface area contributed by atoms with Crippen molar-refractivity contribution in [2.24, 2.45) is 12.0 Å². The van der Waals surface area contributed by atoms with Crippen LogP contribution in [0.3, 0.4) is 0 Å². The second-order valence-electron chi connectivity index (χ2n) is 8.26. The van der Waals surface area contributed by atoms with E-state index in [1.54, 1.807) is 53.2 Å². The molecule has 0 radical (unpaired) electrons. The minimum absolute atomic E-state index is 0.0836. The number of nitrogens with zero attached hydrogens (tertiary/aromatic N) is 6. The second kappa shape index (κ2) is 11.1. The van der Waals surface area contributed by atoms with E-state index in [9.17, 15) is 13.5 Å². The SMILES string of the molecule is COc1cnc([C@@H](O)[C@H](C)S(=O)(=O)NC2=CCN=C(c3ccn(C)n3)N2c2c(OC)cccc2OC)cn1. The number of amidine groups is 1. The lowest BCUT2D eigenvalue weighted by atomic mass is 10.2. The molecule has 38 heavy (non-hydrogen) atoms. The first-order valence-electron chi connectivity index (χ1n) is 11.5. The van der Waals surface area contributed by atoms with Crippen LogP contribution in [0.4, 0.5) is 5.69 Å². The van der Waals surface area contributed by atoms with Gasteiger partial charge in [-0.2, -0.15) is 5.10 Å². The largest absolute Gasteiger partial charge is 0.494 e. The number of rotatable bonds is 10. The maximum absolute atomic E-state index is 13.5. The van der Waals surface area contributed by atoms with Crippen LogP contribution in [-0.4, -0.2) is 72.2 Å². The summed E-state index contributed by atoms with van der Waals surface area (Å²) in [4.78, 5) is 14.3. The number of ether oxygens (including phenoxy) is 3. The van der Waals surface area contributed by atoms with Gasteiger partial charge in [-0.1, -0.05) is 6.07 Å². The molecule has 0 spiro atoms. The number of para-hydroxylation sites is 1. The first-order valence-corrected chi connectivity index (χ1v) is 13.1. The molecule has 4 rings (SSSR count). The molecule has 2 aromatic heterocycles. The van der Waals surface area contributed by atoms with Gasteiger partial charge in [-0.25, -0.2) is 13.4 Å². The molecule has 0 amide bonds. The molecular formula is C24H29N7O6S. The van der Waals surface area contributed by atoms with Crippen molar-refractivity contribution in [2.75, 3.05) is 32.8 Å². The van der Waals surface area contributed by atoms with Crippen molar-refractivity contribution in [3.63, 3.8) is 0 Å². The molecule has 1 aliphatic heterocycles. The molecule has 3 heterocycles. The van der Waals surface area contributed by atoms with Crippen LogP contribution < -0.4 is 23.8 Å². The quantitative estimate of drug-likeness (QED) is 0.383. The molecule has 0 unspecified atom stereocenters. The highest BCUT2D eigenvalue weighted by Crippen LogP contribution is 2.41. The van der Waals surface area contributed by atoms with E-state index < -0.39 is 21.4 Å². The lowest BCUT2D eigenvalue weighted by molar-refractivity contribution is 0.170. The van der Waals surface area contributed by atoms with Crippen LogP contribution >= 0.6 is 0 Å². The zero-order valence-electron chi connectivity index (χ0n) is 21.6. The monoisotopic (exact) mass is 543 g/mol. The number of aromatic nitrogens is 4. The fourth-order valence-electron chi connectivity index (χ4n) is 3.82. The van der Waals surface area contributed by atoms with Crippen molar-refractivity contribution in [3.8, 4) is 17.4 Å². The summed E-state index contributed by atoms with van der Waals surface area (Å²) in [6.45, 7) is 1.56. The van der Waals surface area contributed by atoms with Crippen molar-refractivity contribution in [1.82, 2.24) is 24.5 Å². The van der Waals surface area contributed by atoms with Crippen molar-refractivity contribution in [3.05, 3.63) is 66.1 Å². The van der Waals surface area contributed by atoms with Gasteiger partial charge in [0.15, 0.2) is 5.84 Å². The van der Waals surface area contributed by atoms with E-state index in [4.69, 9.17) is 14.2 Å². The number of methoxy groups -OCH3 is 3. The summed E-state index contributed by atoms with van der Waals surface area (Å²) in [5.74, 6) is 1.62. The highest BCUT2D eigenvalue weighted by atomic mass is 32.2. The fraction of sp³-hybridized carbons (Fsp3) is 0.333. The average Bonchev–Trinajstić information content (AvgIpc) is 3.37. The Morgan fingerprint density at radius 1 is 1.05 bits per heavy atom. The van der Waals surface area contributed by atoms with Gasteiger partial charge in [0.2, 0.25) is 15.9 Å². The Kier molecular flexibility index (Phi) is 7.83. The smallest absolute Gasteiger partial charge is 0.239 e. The molecule has 0 saturated carbocycles. The molecule has 13 nitrogen and oxygen atoms in total. The average molecular weight is 544 g/mol. The van der Waals surface area contributed by atoms with E-state index in [0.717, 1.165) is 0 Å². The Hall–Kier alpha value is -4.17. The molecule has 2 N–H and O–H groups in total. The van der Waals surface area contributed by atoms with Crippen LogP contribution in [0.25, 0.3) is 0 Å². The Morgan fingerprint density at radius 2 is 1.76 bits per heavy atom. The summed E-state index contributed by atoms with van der Waals surface area (Å²) in [5, 5.41) is 14.0. The summed E-state index contributed by atoms with van der Waals surface area (Å²) >= 11 is 0. The number of anilines is 1. The standard InChI is InChI=1S/C24H29N7O6S/c1-15(23(32)17-13-27-21(37-5)14-26-17)38(33,34)29-20-9-11-25-24(16-10-12-30(2)28-16)31(20)22-18(35-3)7-6-8-19(22)36-4/h6-10,12-15,23,29,32H,11H2,1-5H3/t15-,23-/m0/s1. The Morgan fingerprint density at radius 3 is 2.32 bits per heavy atom. The normalized spacial score (nSPS) is 15.3. The zero-order chi connectivity index (χ0) is 27.4. The summed E-state index contributed by atoms with van der Waals surface area (Å²) < 4.78 is 47.5. The number of aryl methyl sites for hydroxylation is 1. The van der Waals surface area contributed by atoms with E-state index in [2.05, 4.69) is 24.8 Å². The van der Waals surface area contributed by atoms with Crippen molar-refractivity contribution in [2.45, 2.75) is 18.3 Å². The van der Waals surface area contributed by atoms with Crippen LogP contribution in [0, 0.1) is 0 Å². The number of aliphatic hydroxyl groups excluding tert-OH is 1. The van der Waals surface area contributed by atoms with E-state index in [-0.39, 0.29) is 23.9 Å². The third-order valence-corrected chi connectivity index (χ3v) is 7.62. The first-order chi connectivity index (χ1) is 18.2. The number of hydrogen-bond acceptors (Lipinski definition) is 11. The van der Waals surface area contributed by atoms with Crippen molar-refractivity contribution < 1.29 is 27.7 Å². The highest BCUT2D eigenvalue weighted by Gasteiger charge is 2.36. The van der Waals surface area contributed by atoms with Gasteiger partial charge in [0.05, 0.1) is 46.0 Å². The third-order valence-electron chi connectivity index (χ3n) is 5.89. The molecule has 0 bridgehead atoms. The van der Waals surface area contributed by atoms with Gasteiger partial charge < -0.3 is 19.3 Å². The Balaban J connectivity index is 1.74. The number of aliphatic imine (C=N–C) groups is 1. The highest BCUT2D eigenvalue weighted by molar-refractivity contribution is 7.90. The fourth-order valence-corrected chi connectivity index (χ4v) is 4.95. The van der Waals surface area contributed by atoms with Crippen LogP contribution in [0.2, 0.25) is 0 Å². The van der Waals surface area contributed by atoms with E-state index in [0.29, 0.717) is 28.7 Å². The van der Waals surface area contributed by atoms with Crippen LogP contribution in [0.15, 0.2) is 59.7 Å². The number of hydrogen-bond donors (Lipinski definition) is 2. The molecule has 202 valence electrons. The van der Waals surface area contributed by atoms with E-state index in [1.165, 1.54) is 40.6 Å². The lowest BCUT2D eigenvalue weighted by Crippen LogP contribution is -2.45. The molecule has 1 aromatic carbocycles. The van der Waals surface area contributed by atoms with Gasteiger partial charge in [-0.05, 0) is 31.2 Å². The van der Waals surface area contributed by atoms with Crippen LogP contribution in [-0.2, 0) is 17.1 Å². The van der Waals surface area contributed by atoms with Gasteiger partial charge in [0, 0.05) is 13.2 Å². The van der Waals surface area contributed by atoms with Gasteiger partial charge in [0.25, 0.3) is 0 Å². The molecule has 14 heteroatoms. The maximum Gasteiger partial charge on any atom is 0.239 e. The number of sulfonamides is 1. The van der Waals surface area contributed by atoms with Gasteiger partial charge in [-0.3, -0.25) is 24.3 Å². The minimum atomic E-state index is -4.17. The first kappa shape index (κ1) is 26.9. The second-order valence-corrected chi connectivity index (χ2v) is 10.3. The summed E-state index contributed by atoms with van der Waals surface area (Å²) in [6.07, 6.45) is 4.48. The predicted octanol–water partition coefficient (Wildman–Crippen LogP) is 1.39. The van der Waals surface area contributed by atoms with Crippen LogP contribution in [0.1, 0.15) is 24.4 Å². The molecule has 3 aromatic rings. The molecule has 0 saturated heterocycles. The molecule has 2 atom stereocenters. The Labute approximate surface area is 220 Å². The summed E-state index contributed by atoms with van der Waals surface area (Å²) in [6, 6.07) is 6.97. The summed E-state index contributed by atoms with van der Waals surface area (Å²) in [5.41, 5.74) is 1.01.